The summed E-state index contributed by atoms with van der Waals surface area (Å²) >= 11 is 6.04. The summed E-state index contributed by atoms with van der Waals surface area (Å²) in [5.41, 5.74) is 2.93. The van der Waals surface area contributed by atoms with Crippen molar-refractivity contribution in [2.45, 2.75) is 6.92 Å². The number of nitrogens with one attached hydrogen (secondary N) is 2. The number of hydrogen-bond acceptors (Lipinski definition) is 3. The van der Waals surface area contributed by atoms with E-state index in [-0.39, 0.29) is 0 Å². The van der Waals surface area contributed by atoms with Crippen LogP contribution >= 0.6 is 11.6 Å². The van der Waals surface area contributed by atoms with Gasteiger partial charge in [-0.15, -0.1) is 0 Å². The maximum absolute atomic E-state index is 6.04. The first-order chi connectivity index (χ1) is 9.69. The Morgan fingerprint density at radius 2 is 2.15 bits per heavy atom. The summed E-state index contributed by atoms with van der Waals surface area (Å²) in [5, 5.41) is 5.05. The molecule has 0 aliphatic heterocycles. The summed E-state index contributed by atoms with van der Waals surface area (Å²) in [6.45, 7) is 2.06. The SMILES string of the molecule is COc1ccc(Cl)cc1Nc1nccc2c(C)c[nH]c12. The number of rotatable bonds is 3. The molecule has 0 unspecified atom stereocenters. The second-order valence-corrected chi connectivity index (χ2v) is 4.96. The molecule has 0 fully saturated rings. The average Bonchev–Trinajstić information content (AvgIpc) is 2.82. The molecule has 20 heavy (non-hydrogen) atoms. The third kappa shape index (κ3) is 2.18. The highest BCUT2D eigenvalue weighted by atomic mass is 35.5. The third-order valence-corrected chi connectivity index (χ3v) is 3.46. The van der Waals surface area contributed by atoms with Gasteiger partial charge in [-0.2, -0.15) is 0 Å². The maximum Gasteiger partial charge on any atom is 0.154 e. The van der Waals surface area contributed by atoms with Crippen LogP contribution in [-0.2, 0) is 0 Å². The van der Waals surface area contributed by atoms with Crippen LogP contribution in [0.2, 0.25) is 5.02 Å². The lowest BCUT2D eigenvalue weighted by Gasteiger charge is -2.11. The minimum absolute atomic E-state index is 0.642. The highest BCUT2D eigenvalue weighted by Gasteiger charge is 2.09. The van der Waals surface area contributed by atoms with E-state index in [0.29, 0.717) is 5.02 Å². The van der Waals surface area contributed by atoms with E-state index in [4.69, 9.17) is 16.3 Å². The minimum atomic E-state index is 0.642. The van der Waals surface area contributed by atoms with Crippen LogP contribution in [0.5, 0.6) is 5.75 Å². The fourth-order valence-electron chi connectivity index (χ4n) is 2.19. The largest absolute Gasteiger partial charge is 0.495 e. The van der Waals surface area contributed by atoms with E-state index in [0.717, 1.165) is 28.2 Å². The number of halogens is 1. The predicted octanol–water partition coefficient (Wildman–Crippen LogP) is 4.28. The van der Waals surface area contributed by atoms with E-state index < -0.39 is 0 Å². The molecule has 2 heterocycles. The van der Waals surface area contributed by atoms with Gasteiger partial charge in [0.1, 0.15) is 5.75 Å². The number of fused-ring (bicyclic) bond motifs is 1. The summed E-state index contributed by atoms with van der Waals surface area (Å²) in [6, 6.07) is 7.42. The number of ether oxygens (including phenoxy) is 1. The molecule has 0 saturated carbocycles. The summed E-state index contributed by atoms with van der Waals surface area (Å²) in [7, 11) is 1.63. The predicted molar refractivity (Wildman–Crippen MR) is 82.1 cm³/mol. The number of benzene rings is 1. The van der Waals surface area contributed by atoms with Crippen molar-refractivity contribution in [2.24, 2.45) is 0 Å². The lowest BCUT2D eigenvalue weighted by atomic mass is 10.2. The number of H-pyrrole nitrogens is 1. The molecular formula is C15H14ClN3O. The van der Waals surface area contributed by atoms with E-state index in [1.807, 2.05) is 24.4 Å². The van der Waals surface area contributed by atoms with Crippen molar-refractivity contribution in [1.82, 2.24) is 9.97 Å². The van der Waals surface area contributed by atoms with Crippen molar-refractivity contribution in [1.29, 1.82) is 0 Å². The summed E-state index contributed by atoms with van der Waals surface area (Å²) in [4.78, 5) is 7.61. The van der Waals surface area contributed by atoms with Crippen molar-refractivity contribution >= 4 is 34.0 Å². The first-order valence-corrected chi connectivity index (χ1v) is 6.60. The number of nitrogens with zero attached hydrogens (tertiary/aromatic N) is 1. The van der Waals surface area contributed by atoms with E-state index in [2.05, 4.69) is 22.2 Å². The Morgan fingerprint density at radius 1 is 1.30 bits per heavy atom. The van der Waals surface area contributed by atoms with Crippen LogP contribution in [0.25, 0.3) is 10.9 Å². The van der Waals surface area contributed by atoms with Gasteiger partial charge in [0.15, 0.2) is 5.82 Å². The number of hydrogen-bond donors (Lipinski definition) is 2. The highest BCUT2D eigenvalue weighted by molar-refractivity contribution is 6.31. The lowest BCUT2D eigenvalue weighted by Crippen LogP contribution is -1.97. The van der Waals surface area contributed by atoms with Crippen LogP contribution in [-0.4, -0.2) is 17.1 Å². The molecule has 3 rings (SSSR count). The number of aryl methyl sites for hydroxylation is 1. The number of aromatic amines is 1. The zero-order chi connectivity index (χ0) is 14.1. The van der Waals surface area contributed by atoms with Crippen LogP contribution in [0.3, 0.4) is 0 Å². The van der Waals surface area contributed by atoms with E-state index in [9.17, 15) is 0 Å². The Hall–Kier alpha value is -2.20. The van der Waals surface area contributed by atoms with Gasteiger partial charge in [-0.05, 0) is 36.8 Å². The maximum atomic E-state index is 6.04. The Labute approximate surface area is 121 Å². The van der Waals surface area contributed by atoms with Gasteiger partial charge >= 0.3 is 0 Å². The zero-order valence-electron chi connectivity index (χ0n) is 11.2. The smallest absolute Gasteiger partial charge is 0.154 e. The highest BCUT2D eigenvalue weighted by Crippen LogP contribution is 2.32. The Bertz CT molecular complexity index is 767. The van der Waals surface area contributed by atoms with Crippen LogP contribution in [0.15, 0.2) is 36.7 Å². The number of pyridine rings is 1. The van der Waals surface area contributed by atoms with Crippen molar-refractivity contribution in [3.63, 3.8) is 0 Å². The van der Waals surface area contributed by atoms with Crippen molar-refractivity contribution < 1.29 is 4.74 Å². The molecule has 0 spiro atoms. The molecular weight excluding hydrogens is 274 g/mol. The fourth-order valence-corrected chi connectivity index (χ4v) is 2.37. The second kappa shape index (κ2) is 5.06. The van der Waals surface area contributed by atoms with Crippen LogP contribution in [0, 0.1) is 6.92 Å². The molecule has 0 aliphatic rings. The van der Waals surface area contributed by atoms with Gasteiger partial charge in [-0.1, -0.05) is 11.6 Å². The molecule has 0 saturated heterocycles. The molecule has 4 nitrogen and oxygen atoms in total. The fraction of sp³-hybridized carbons (Fsp3) is 0.133. The molecule has 0 bridgehead atoms. The van der Waals surface area contributed by atoms with Crippen LogP contribution in [0.1, 0.15) is 5.56 Å². The topological polar surface area (TPSA) is 49.9 Å². The minimum Gasteiger partial charge on any atom is -0.495 e. The molecule has 5 heteroatoms. The zero-order valence-corrected chi connectivity index (χ0v) is 12.0. The molecule has 0 radical (unpaired) electrons. The third-order valence-electron chi connectivity index (χ3n) is 3.22. The van der Waals surface area contributed by atoms with E-state index in [1.165, 1.54) is 5.56 Å². The summed E-state index contributed by atoms with van der Waals surface area (Å²) in [5.74, 6) is 1.47. The molecule has 3 aromatic rings. The average molecular weight is 288 g/mol. The van der Waals surface area contributed by atoms with Crippen LogP contribution < -0.4 is 10.1 Å². The van der Waals surface area contributed by atoms with Gasteiger partial charge in [-0.3, -0.25) is 0 Å². The Balaban J connectivity index is 2.07. The number of methoxy groups -OCH3 is 1. The van der Waals surface area contributed by atoms with Crippen molar-refractivity contribution in [2.75, 3.05) is 12.4 Å². The first-order valence-electron chi connectivity index (χ1n) is 6.22. The summed E-state index contributed by atoms with van der Waals surface area (Å²) in [6.07, 6.45) is 3.75. The molecule has 0 amide bonds. The Morgan fingerprint density at radius 3 is 2.95 bits per heavy atom. The lowest BCUT2D eigenvalue weighted by molar-refractivity contribution is 0.417. The Kier molecular flexibility index (Phi) is 3.24. The number of aromatic nitrogens is 2. The molecule has 0 atom stereocenters. The second-order valence-electron chi connectivity index (χ2n) is 4.52. The van der Waals surface area contributed by atoms with Crippen molar-refractivity contribution in [3.05, 3.63) is 47.2 Å². The first kappa shape index (κ1) is 12.8. The quantitative estimate of drug-likeness (QED) is 0.756. The van der Waals surface area contributed by atoms with E-state index in [1.54, 1.807) is 19.4 Å². The summed E-state index contributed by atoms with van der Waals surface area (Å²) < 4.78 is 5.33. The van der Waals surface area contributed by atoms with Gasteiger partial charge in [0.25, 0.3) is 0 Å². The normalized spacial score (nSPS) is 10.8. The standard InChI is InChI=1S/C15H14ClN3O/c1-9-8-18-14-11(9)5-6-17-15(14)19-12-7-10(16)3-4-13(12)20-2/h3-8,18H,1-2H3,(H,17,19). The number of anilines is 2. The molecule has 102 valence electrons. The molecule has 0 aliphatic carbocycles. The molecule has 2 aromatic heterocycles. The van der Waals surface area contributed by atoms with Crippen molar-refractivity contribution in [3.8, 4) is 5.75 Å². The van der Waals surface area contributed by atoms with Gasteiger partial charge in [0, 0.05) is 22.8 Å². The van der Waals surface area contributed by atoms with E-state index >= 15 is 0 Å². The van der Waals surface area contributed by atoms with Gasteiger partial charge in [-0.25, -0.2) is 4.98 Å². The molecule has 1 aromatic carbocycles. The monoisotopic (exact) mass is 287 g/mol. The van der Waals surface area contributed by atoms with Gasteiger partial charge < -0.3 is 15.0 Å². The van der Waals surface area contributed by atoms with Crippen LogP contribution in [0.4, 0.5) is 11.5 Å². The molecule has 2 N–H and O–H groups in total. The van der Waals surface area contributed by atoms with Gasteiger partial charge in [0.2, 0.25) is 0 Å². The van der Waals surface area contributed by atoms with Gasteiger partial charge in [0.05, 0.1) is 18.3 Å².